The zero-order valence-corrected chi connectivity index (χ0v) is 41.4. The molecule has 0 bridgehead atoms. The number of allylic oxidation sites excluding steroid dienone is 6. The second-order valence-electron chi connectivity index (χ2n) is 18.1. The Kier molecular flexibility index (Phi) is 49.3. The average molecular weight is 871 g/mol. The highest BCUT2D eigenvalue weighted by atomic mass is 16.6. The Balaban J connectivity index is 4.28. The van der Waals surface area contributed by atoms with E-state index in [4.69, 9.17) is 14.2 Å². The molecule has 6 nitrogen and oxygen atoms in total. The lowest BCUT2D eigenvalue weighted by Crippen LogP contribution is -2.30. The van der Waals surface area contributed by atoms with Crippen molar-refractivity contribution in [3.05, 3.63) is 36.5 Å². The van der Waals surface area contributed by atoms with E-state index < -0.39 is 6.10 Å². The van der Waals surface area contributed by atoms with Gasteiger partial charge in [0.05, 0.1) is 0 Å². The van der Waals surface area contributed by atoms with Crippen molar-refractivity contribution in [2.75, 3.05) is 13.2 Å². The van der Waals surface area contributed by atoms with E-state index in [0.29, 0.717) is 19.3 Å². The second-order valence-corrected chi connectivity index (χ2v) is 18.1. The molecule has 0 aliphatic heterocycles. The molecule has 0 amide bonds. The summed E-state index contributed by atoms with van der Waals surface area (Å²) >= 11 is 0. The molecule has 1 unspecified atom stereocenters. The molecule has 62 heavy (non-hydrogen) atoms. The quantitative estimate of drug-likeness (QED) is 0.0262. The Bertz CT molecular complexity index is 1050. The van der Waals surface area contributed by atoms with E-state index in [1.54, 1.807) is 0 Å². The summed E-state index contributed by atoms with van der Waals surface area (Å²) in [5.74, 6) is -0.912. The molecule has 0 aromatic rings. The van der Waals surface area contributed by atoms with Gasteiger partial charge in [0.1, 0.15) is 13.2 Å². The summed E-state index contributed by atoms with van der Waals surface area (Å²) in [5, 5.41) is 0. The van der Waals surface area contributed by atoms with Crippen LogP contribution in [-0.4, -0.2) is 37.2 Å². The van der Waals surface area contributed by atoms with E-state index in [1.165, 1.54) is 173 Å². The predicted octanol–water partition coefficient (Wildman–Crippen LogP) is 17.7. The topological polar surface area (TPSA) is 78.9 Å². The van der Waals surface area contributed by atoms with Crippen molar-refractivity contribution in [2.45, 2.75) is 290 Å². The maximum atomic E-state index is 12.8. The van der Waals surface area contributed by atoms with Gasteiger partial charge in [0, 0.05) is 19.3 Å². The van der Waals surface area contributed by atoms with Crippen molar-refractivity contribution in [3.8, 4) is 0 Å². The maximum absolute atomic E-state index is 12.8. The number of carbonyl (C=O) groups excluding carboxylic acids is 3. The lowest BCUT2D eigenvalue weighted by Gasteiger charge is -2.18. The van der Waals surface area contributed by atoms with Gasteiger partial charge in [0.2, 0.25) is 0 Å². The third-order valence-corrected chi connectivity index (χ3v) is 11.9. The van der Waals surface area contributed by atoms with Gasteiger partial charge >= 0.3 is 17.9 Å². The Labute approximate surface area is 385 Å². The molecule has 0 aliphatic rings. The fraction of sp³-hybridized carbons (Fsp3) is 0.839. The Hall–Kier alpha value is -2.37. The Morgan fingerprint density at radius 1 is 0.339 bits per heavy atom. The van der Waals surface area contributed by atoms with Crippen molar-refractivity contribution in [1.82, 2.24) is 0 Å². The van der Waals surface area contributed by atoms with Crippen LogP contribution in [0.2, 0.25) is 0 Å². The van der Waals surface area contributed by atoms with Crippen molar-refractivity contribution < 1.29 is 28.6 Å². The summed E-state index contributed by atoms with van der Waals surface area (Å²) in [6.07, 6.45) is 60.1. The van der Waals surface area contributed by atoms with Crippen LogP contribution in [0.4, 0.5) is 0 Å². The number of esters is 3. The summed E-state index contributed by atoms with van der Waals surface area (Å²) in [5.41, 5.74) is 0. The molecule has 1 atom stereocenters. The molecule has 6 heteroatoms. The lowest BCUT2D eigenvalue weighted by atomic mass is 10.0. The Morgan fingerprint density at radius 2 is 0.629 bits per heavy atom. The van der Waals surface area contributed by atoms with Gasteiger partial charge < -0.3 is 14.2 Å². The summed E-state index contributed by atoms with van der Waals surface area (Å²) in [6, 6.07) is 0. The lowest BCUT2D eigenvalue weighted by molar-refractivity contribution is -0.167. The highest BCUT2D eigenvalue weighted by Gasteiger charge is 2.19. The molecule has 0 heterocycles. The van der Waals surface area contributed by atoms with Crippen LogP contribution in [0.25, 0.3) is 0 Å². The van der Waals surface area contributed by atoms with Crippen LogP contribution < -0.4 is 0 Å². The second kappa shape index (κ2) is 51.3. The number of ether oxygens (including phenoxy) is 3. The molecule has 0 saturated heterocycles. The largest absolute Gasteiger partial charge is 0.462 e. The summed E-state index contributed by atoms with van der Waals surface area (Å²) in [4.78, 5) is 37.9. The highest BCUT2D eigenvalue weighted by Crippen LogP contribution is 2.16. The fourth-order valence-corrected chi connectivity index (χ4v) is 7.83. The van der Waals surface area contributed by atoms with E-state index in [2.05, 4.69) is 57.2 Å². The van der Waals surface area contributed by atoms with E-state index in [1.807, 2.05) is 0 Å². The number of unbranched alkanes of at least 4 members (excludes halogenated alkanes) is 32. The molecule has 0 fully saturated rings. The van der Waals surface area contributed by atoms with Gasteiger partial charge in [-0.3, -0.25) is 14.4 Å². The minimum atomic E-state index is -0.783. The van der Waals surface area contributed by atoms with E-state index in [9.17, 15) is 14.4 Å². The van der Waals surface area contributed by atoms with Crippen molar-refractivity contribution in [3.63, 3.8) is 0 Å². The molecule has 0 saturated carbocycles. The van der Waals surface area contributed by atoms with E-state index in [-0.39, 0.29) is 31.1 Å². The smallest absolute Gasteiger partial charge is 0.306 e. The number of hydrogen-bond acceptors (Lipinski definition) is 6. The number of hydrogen-bond donors (Lipinski definition) is 0. The van der Waals surface area contributed by atoms with Crippen molar-refractivity contribution >= 4 is 17.9 Å². The molecule has 362 valence electrons. The van der Waals surface area contributed by atoms with Gasteiger partial charge in [-0.05, 0) is 70.6 Å². The van der Waals surface area contributed by atoms with Crippen LogP contribution in [-0.2, 0) is 28.6 Å². The first kappa shape index (κ1) is 59.6. The third kappa shape index (κ3) is 48.7. The van der Waals surface area contributed by atoms with Gasteiger partial charge in [0.15, 0.2) is 6.10 Å². The number of carbonyl (C=O) groups is 3. The first-order valence-corrected chi connectivity index (χ1v) is 27.0. The van der Waals surface area contributed by atoms with Gasteiger partial charge in [0.25, 0.3) is 0 Å². The van der Waals surface area contributed by atoms with Crippen molar-refractivity contribution in [2.24, 2.45) is 0 Å². The van der Waals surface area contributed by atoms with Crippen LogP contribution in [0.15, 0.2) is 36.5 Å². The molecular formula is C56H102O6. The van der Waals surface area contributed by atoms with Gasteiger partial charge in [-0.1, -0.05) is 231 Å². The zero-order chi connectivity index (χ0) is 45.1. The van der Waals surface area contributed by atoms with Gasteiger partial charge in [-0.25, -0.2) is 0 Å². The highest BCUT2D eigenvalue weighted by molar-refractivity contribution is 5.71. The predicted molar refractivity (Wildman–Crippen MR) is 266 cm³/mol. The SMILES string of the molecule is CC/C=C\C/C=C\CCCCC(=O)OCC(COC(=O)CCCCCCCCCCCCCCCCCCCC)OC(=O)CCCCCCCCC/C=C\CCCCCCCC. The first-order valence-electron chi connectivity index (χ1n) is 27.0. The minimum absolute atomic E-state index is 0.0809. The van der Waals surface area contributed by atoms with Crippen LogP contribution in [0.1, 0.15) is 284 Å². The summed E-state index contributed by atoms with van der Waals surface area (Å²) in [6.45, 7) is 6.51. The Morgan fingerprint density at radius 3 is 1.02 bits per heavy atom. The molecule has 0 N–H and O–H groups in total. The third-order valence-electron chi connectivity index (χ3n) is 11.9. The average Bonchev–Trinajstić information content (AvgIpc) is 3.27. The normalized spacial score (nSPS) is 12.2. The molecule has 0 spiro atoms. The van der Waals surface area contributed by atoms with Gasteiger partial charge in [-0.2, -0.15) is 0 Å². The number of rotatable bonds is 49. The van der Waals surface area contributed by atoms with E-state index in [0.717, 1.165) is 70.6 Å². The van der Waals surface area contributed by atoms with Crippen LogP contribution in [0, 0.1) is 0 Å². The molecule has 0 rings (SSSR count). The van der Waals surface area contributed by atoms with Gasteiger partial charge in [-0.15, -0.1) is 0 Å². The zero-order valence-electron chi connectivity index (χ0n) is 41.4. The maximum Gasteiger partial charge on any atom is 0.306 e. The standard InChI is InChI=1S/C56H102O6/c1-4-7-10-13-16-19-21-23-25-27-29-30-32-34-37-40-43-46-49-55(58)61-52-53(51-60-54(57)48-45-42-39-36-18-15-12-9-6-3)62-56(59)50-47-44-41-38-35-33-31-28-26-24-22-20-17-14-11-8-5-2/h9,12,18,24,26,36,53H,4-8,10-11,13-17,19-23,25,27-35,37-52H2,1-3H3/b12-9-,26-24-,36-18-. The molecule has 0 aromatic heterocycles. The molecular weight excluding hydrogens is 769 g/mol. The van der Waals surface area contributed by atoms with Crippen molar-refractivity contribution in [1.29, 1.82) is 0 Å². The van der Waals surface area contributed by atoms with Crippen LogP contribution >= 0.6 is 0 Å². The minimum Gasteiger partial charge on any atom is -0.462 e. The fourth-order valence-electron chi connectivity index (χ4n) is 7.83. The molecule has 0 aromatic carbocycles. The summed E-state index contributed by atoms with van der Waals surface area (Å²) in [7, 11) is 0. The van der Waals surface area contributed by atoms with Crippen LogP contribution in [0.3, 0.4) is 0 Å². The monoisotopic (exact) mass is 871 g/mol. The van der Waals surface area contributed by atoms with E-state index >= 15 is 0 Å². The summed E-state index contributed by atoms with van der Waals surface area (Å²) < 4.78 is 16.8. The molecule has 0 aliphatic carbocycles. The first-order chi connectivity index (χ1) is 30.5. The van der Waals surface area contributed by atoms with Crippen LogP contribution in [0.5, 0.6) is 0 Å². The molecule has 0 radical (unpaired) electrons.